The zero-order valence-electron chi connectivity index (χ0n) is 12.6. The maximum absolute atomic E-state index is 12.8. The Labute approximate surface area is 139 Å². The lowest BCUT2D eigenvalue weighted by molar-refractivity contribution is 0.103. The number of aromatic nitrogens is 2. The fourth-order valence-corrected chi connectivity index (χ4v) is 2.57. The van der Waals surface area contributed by atoms with Gasteiger partial charge in [-0.05, 0) is 31.0 Å². The van der Waals surface area contributed by atoms with Crippen LogP contribution < -0.4 is 4.74 Å². The lowest BCUT2D eigenvalue weighted by Crippen LogP contribution is -2.08. The number of carbonyl (C=O) groups excluding carboxylic acids is 1. The molecule has 1 heterocycles. The van der Waals surface area contributed by atoms with Gasteiger partial charge in [0.15, 0.2) is 0 Å². The van der Waals surface area contributed by atoms with E-state index in [0.717, 1.165) is 5.56 Å². The number of hydrogen-bond acceptors (Lipinski definition) is 3. The van der Waals surface area contributed by atoms with Crippen LogP contribution >= 0.6 is 23.2 Å². The van der Waals surface area contributed by atoms with Gasteiger partial charge in [-0.1, -0.05) is 35.9 Å². The minimum absolute atomic E-state index is 0.250. The number of hydrogen-bond donors (Lipinski definition) is 0. The monoisotopic (exact) mass is 338 g/mol. The highest BCUT2D eigenvalue weighted by Crippen LogP contribution is 2.33. The van der Waals surface area contributed by atoms with Crippen molar-refractivity contribution in [2.75, 3.05) is 6.61 Å². The zero-order valence-corrected chi connectivity index (χ0v) is 14.1. The largest absolute Gasteiger partial charge is 0.473 e. The molecule has 2 aromatic rings. The van der Waals surface area contributed by atoms with Crippen molar-refractivity contribution < 1.29 is 9.53 Å². The Morgan fingerprint density at radius 2 is 2.05 bits per heavy atom. The zero-order chi connectivity index (χ0) is 16.4. The van der Waals surface area contributed by atoms with Crippen LogP contribution in [0.25, 0.3) is 0 Å². The summed E-state index contributed by atoms with van der Waals surface area (Å²) in [5, 5.41) is 4.99. The molecule has 0 fully saturated rings. The lowest BCUT2D eigenvalue weighted by atomic mass is 10.0. The van der Waals surface area contributed by atoms with Gasteiger partial charge in [-0.2, -0.15) is 5.10 Å². The van der Waals surface area contributed by atoms with Crippen LogP contribution in [0.1, 0.15) is 27.0 Å². The minimum atomic E-state index is -0.250. The molecule has 4 nitrogen and oxygen atoms in total. The van der Waals surface area contributed by atoms with E-state index in [0.29, 0.717) is 32.6 Å². The third-order valence-corrected chi connectivity index (χ3v) is 4.38. The van der Waals surface area contributed by atoms with E-state index in [9.17, 15) is 4.79 Å². The first-order chi connectivity index (χ1) is 10.4. The third-order valence-electron chi connectivity index (χ3n) is 3.31. The molecule has 0 aliphatic heterocycles. The highest BCUT2D eigenvalue weighted by atomic mass is 35.5. The van der Waals surface area contributed by atoms with E-state index in [-0.39, 0.29) is 12.4 Å². The number of rotatable bonds is 5. The molecule has 22 heavy (non-hydrogen) atoms. The SMILES string of the molecule is C=CCOc1c(C(=O)c2cc(C)c(Cl)c(C)c2Cl)cnn1C. The molecule has 0 amide bonds. The van der Waals surface area contributed by atoms with Gasteiger partial charge in [-0.25, -0.2) is 4.68 Å². The van der Waals surface area contributed by atoms with Gasteiger partial charge in [-0.15, -0.1) is 0 Å². The number of ether oxygens (including phenoxy) is 1. The summed E-state index contributed by atoms with van der Waals surface area (Å²) in [5.74, 6) is 0.131. The summed E-state index contributed by atoms with van der Waals surface area (Å²) in [6, 6.07) is 1.68. The van der Waals surface area contributed by atoms with Gasteiger partial charge in [0, 0.05) is 17.6 Å². The predicted octanol–water partition coefficient (Wildman–Crippen LogP) is 4.14. The molecule has 0 unspecified atom stereocenters. The van der Waals surface area contributed by atoms with Gasteiger partial charge in [-0.3, -0.25) is 4.79 Å². The first kappa shape index (κ1) is 16.6. The third kappa shape index (κ3) is 2.89. The second kappa shape index (κ2) is 6.55. The number of nitrogens with zero attached hydrogens (tertiary/aromatic N) is 2. The normalized spacial score (nSPS) is 10.6. The molecule has 0 atom stereocenters. The van der Waals surface area contributed by atoms with Crippen LogP contribution in [0.2, 0.25) is 10.0 Å². The summed E-state index contributed by atoms with van der Waals surface area (Å²) in [6.45, 7) is 7.50. The highest BCUT2D eigenvalue weighted by Gasteiger charge is 2.23. The Morgan fingerprint density at radius 3 is 2.68 bits per heavy atom. The second-order valence-electron chi connectivity index (χ2n) is 4.91. The fraction of sp³-hybridized carbons (Fsp3) is 0.250. The smallest absolute Gasteiger partial charge is 0.223 e. The summed E-state index contributed by atoms with van der Waals surface area (Å²) in [6.07, 6.45) is 3.07. The predicted molar refractivity (Wildman–Crippen MR) is 88.3 cm³/mol. The number of aryl methyl sites for hydroxylation is 2. The average Bonchev–Trinajstić information content (AvgIpc) is 2.87. The van der Waals surface area contributed by atoms with Crippen molar-refractivity contribution >= 4 is 29.0 Å². The van der Waals surface area contributed by atoms with Crippen LogP contribution in [0.5, 0.6) is 5.88 Å². The fourth-order valence-electron chi connectivity index (χ4n) is 2.14. The van der Waals surface area contributed by atoms with Crippen molar-refractivity contribution in [3.8, 4) is 5.88 Å². The number of ketones is 1. The average molecular weight is 339 g/mol. The van der Waals surface area contributed by atoms with E-state index < -0.39 is 0 Å². The molecule has 2 rings (SSSR count). The quantitative estimate of drug-likeness (QED) is 0.607. The molecule has 0 radical (unpaired) electrons. The van der Waals surface area contributed by atoms with E-state index in [1.165, 1.54) is 10.9 Å². The molecule has 0 aliphatic carbocycles. The molecule has 6 heteroatoms. The van der Waals surface area contributed by atoms with Crippen molar-refractivity contribution in [1.82, 2.24) is 9.78 Å². The Bertz CT molecular complexity index is 751. The van der Waals surface area contributed by atoms with Gasteiger partial charge in [0.1, 0.15) is 12.2 Å². The number of halogens is 2. The van der Waals surface area contributed by atoms with Crippen molar-refractivity contribution in [3.05, 3.63) is 57.2 Å². The molecule has 116 valence electrons. The molecule has 0 bridgehead atoms. The topological polar surface area (TPSA) is 44.1 Å². The summed E-state index contributed by atoms with van der Waals surface area (Å²) in [7, 11) is 1.70. The van der Waals surface area contributed by atoms with E-state index in [1.54, 1.807) is 26.1 Å². The first-order valence-corrected chi connectivity index (χ1v) is 7.39. The van der Waals surface area contributed by atoms with E-state index >= 15 is 0 Å². The summed E-state index contributed by atoms with van der Waals surface area (Å²) >= 11 is 12.5. The summed E-state index contributed by atoms with van der Waals surface area (Å²) < 4.78 is 7.02. The van der Waals surface area contributed by atoms with Gasteiger partial charge in [0.05, 0.1) is 11.2 Å². The maximum atomic E-state index is 12.8. The standard InChI is InChI=1S/C16H16Cl2N2O2/c1-5-6-22-16-12(8-19-20(16)4)15(21)11-7-9(2)13(17)10(3)14(11)18/h5,7-8H,1,6H2,2-4H3. The Hall–Kier alpha value is -1.78. The molecule has 0 spiro atoms. The van der Waals surface area contributed by atoms with Gasteiger partial charge in [0.2, 0.25) is 11.7 Å². The molecule has 0 saturated carbocycles. The van der Waals surface area contributed by atoms with Gasteiger partial charge >= 0.3 is 0 Å². The van der Waals surface area contributed by atoms with Crippen LogP contribution in [0.3, 0.4) is 0 Å². The van der Waals surface area contributed by atoms with E-state index in [4.69, 9.17) is 27.9 Å². The molecule has 1 aromatic heterocycles. The first-order valence-electron chi connectivity index (χ1n) is 6.64. The maximum Gasteiger partial charge on any atom is 0.223 e. The number of carbonyl (C=O) groups is 1. The number of benzene rings is 1. The summed E-state index contributed by atoms with van der Waals surface area (Å²) in [4.78, 5) is 12.8. The molecule has 0 saturated heterocycles. The van der Waals surface area contributed by atoms with Crippen LogP contribution in [-0.4, -0.2) is 22.2 Å². The van der Waals surface area contributed by atoms with Crippen LogP contribution in [0.15, 0.2) is 24.9 Å². The van der Waals surface area contributed by atoms with Crippen molar-refractivity contribution in [2.24, 2.45) is 7.05 Å². The molecular weight excluding hydrogens is 323 g/mol. The molecule has 0 aliphatic rings. The van der Waals surface area contributed by atoms with Crippen molar-refractivity contribution in [2.45, 2.75) is 13.8 Å². The minimum Gasteiger partial charge on any atom is -0.473 e. The van der Waals surface area contributed by atoms with Crippen molar-refractivity contribution in [1.29, 1.82) is 0 Å². The molecule has 0 N–H and O–H groups in total. The van der Waals surface area contributed by atoms with E-state index in [2.05, 4.69) is 11.7 Å². The van der Waals surface area contributed by atoms with Gasteiger partial charge in [0.25, 0.3) is 0 Å². The molecule has 1 aromatic carbocycles. The van der Waals surface area contributed by atoms with Gasteiger partial charge < -0.3 is 4.74 Å². The second-order valence-corrected chi connectivity index (χ2v) is 5.67. The summed E-state index contributed by atoms with van der Waals surface area (Å²) in [5.41, 5.74) is 2.22. The Balaban J connectivity index is 2.52. The van der Waals surface area contributed by atoms with E-state index in [1.807, 2.05) is 6.92 Å². The highest BCUT2D eigenvalue weighted by molar-refractivity contribution is 6.39. The Morgan fingerprint density at radius 1 is 1.36 bits per heavy atom. The van der Waals surface area contributed by atoms with Crippen LogP contribution in [0, 0.1) is 13.8 Å². The Kier molecular flexibility index (Phi) is 4.94. The molecular formula is C16H16Cl2N2O2. The van der Waals surface area contributed by atoms with Crippen LogP contribution in [-0.2, 0) is 7.05 Å². The van der Waals surface area contributed by atoms with Crippen LogP contribution in [0.4, 0.5) is 0 Å². The van der Waals surface area contributed by atoms with Crippen molar-refractivity contribution in [3.63, 3.8) is 0 Å². The lowest BCUT2D eigenvalue weighted by Gasteiger charge is -2.11.